The molecule has 1 spiro atoms. The first-order chi connectivity index (χ1) is 13.7. The van der Waals surface area contributed by atoms with Gasteiger partial charge in [0.1, 0.15) is 18.6 Å². The van der Waals surface area contributed by atoms with E-state index in [0.717, 1.165) is 43.9 Å². The molecule has 0 bridgehead atoms. The molecule has 7 heteroatoms. The molecule has 0 saturated carbocycles. The third kappa shape index (κ3) is 3.38. The van der Waals surface area contributed by atoms with E-state index < -0.39 is 11.7 Å². The number of halogens is 3. The SMILES string of the molecule is C=CC[C@@H]1C[C@@H]2CN(Cc3ccc(C(F)(F)F)cc3)C[N+]23CC(C(C)C)N3C1=O. The number of hydrogen-bond acceptors (Lipinski definition) is 2. The predicted molar refractivity (Wildman–Crippen MR) is 104 cm³/mol. The summed E-state index contributed by atoms with van der Waals surface area (Å²) in [5.41, 5.74) is 0.256. The Hall–Kier alpha value is -1.86. The molecule has 2 unspecified atom stereocenters. The van der Waals surface area contributed by atoms with Crippen LogP contribution in [0, 0.1) is 11.8 Å². The van der Waals surface area contributed by atoms with E-state index in [1.54, 1.807) is 12.1 Å². The van der Waals surface area contributed by atoms with E-state index >= 15 is 0 Å². The van der Waals surface area contributed by atoms with Gasteiger partial charge >= 0.3 is 6.18 Å². The lowest BCUT2D eigenvalue weighted by Gasteiger charge is -2.62. The van der Waals surface area contributed by atoms with Crippen LogP contribution in [-0.4, -0.2) is 52.2 Å². The fourth-order valence-electron chi connectivity index (χ4n) is 5.42. The van der Waals surface area contributed by atoms with Gasteiger partial charge in [-0.05, 0) is 30.0 Å². The Kier molecular flexibility index (Phi) is 5.02. The average molecular weight is 408 g/mol. The molecule has 0 aliphatic carbocycles. The molecule has 3 heterocycles. The lowest BCUT2D eigenvalue weighted by Crippen LogP contribution is -2.84. The van der Waals surface area contributed by atoms with Gasteiger partial charge in [-0.25, -0.2) is 4.90 Å². The number of allylic oxidation sites excluding steroid dienone is 1. The zero-order chi connectivity index (χ0) is 21.0. The summed E-state index contributed by atoms with van der Waals surface area (Å²) in [6, 6.07) is 6.07. The highest BCUT2D eigenvalue weighted by atomic mass is 19.4. The molecule has 1 amide bonds. The fourth-order valence-corrected chi connectivity index (χ4v) is 5.42. The molecule has 3 aliphatic heterocycles. The normalized spacial score (nSPS) is 32.1. The smallest absolute Gasteiger partial charge is 0.269 e. The van der Waals surface area contributed by atoms with Crippen LogP contribution in [0.3, 0.4) is 0 Å². The minimum Gasteiger partial charge on any atom is -0.269 e. The summed E-state index contributed by atoms with van der Waals surface area (Å²) >= 11 is 0. The Morgan fingerprint density at radius 3 is 2.55 bits per heavy atom. The zero-order valence-corrected chi connectivity index (χ0v) is 17.0. The quantitative estimate of drug-likeness (QED) is 0.542. The number of carbonyl (C=O) groups is 1. The third-order valence-electron chi connectivity index (χ3n) is 6.88. The van der Waals surface area contributed by atoms with Crippen LogP contribution in [0.15, 0.2) is 36.9 Å². The summed E-state index contributed by atoms with van der Waals surface area (Å²) in [6.07, 6.45) is -0.914. The first-order valence-corrected chi connectivity index (χ1v) is 10.4. The Morgan fingerprint density at radius 2 is 1.97 bits per heavy atom. The molecule has 29 heavy (non-hydrogen) atoms. The van der Waals surface area contributed by atoms with Gasteiger partial charge in [-0.3, -0.25) is 4.79 Å². The largest absolute Gasteiger partial charge is 0.416 e. The highest BCUT2D eigenvalue weighted by Crippen LogP contribution is 2.47. The molecule has 3 aliphatic rings. The minimum atomic E-state index is -4.31. The standard InChI is InChI=1S/C22H29F3N3O/c1-4-5-17-10-19-12-26(11-16-6-8-18(9-7-16)22(23,24)25)14-28(19)13-20(15(2)3)27(28)21(17)29/h4,6-9,15,17,19-20H,1,5,10-14H2,2-3H3/q+1/t17-,19-,20?,28?/m1/s1. The number of benzene rings is 1. The second kappa shape index (κ2) is 7.13. The lowest BCUT2D eigenvalue weighted by atomic mass is 9.85. The molecule has 1 aromatic carbocycles. The predicted octanol–water partition coefficient (Wildman–Crippen LogP) is 4.04. The molecule has 4 atom stereocenters. The Bertz CT molecular complexity index is 791. The van der Waals surface area contributed by atoms with Gasteiger partial charge in [0.2, 0.25) is 0 Å². The van der Waals surface area contributed by atoms with Gasteiger partial charge in [0.15, 0.2) is 6.67 Å². The van der Waals surface area contributed by atoms with E-state index in [0.29, 0.717) is 29.5 Å². The molecule has 3 saturated heterocycles. The van der Waals surface area contributed by atoms with Gasteiger partial charge < -0.3 is 0 Å². The van der Waals surface area contributed by atoms with Crippen molar-refractivity contribution in [1.29, 1.82) is 0 Å². The average Bonchev–Trinajstić information content (AvgIpc) is 2.98. The van der Waals surface area contributed by atoms with Crippen LogP contribution < -0.4 is 0 Å². The molecule has 3 fully saturated rings. The van der Waals surface area contributed by atoms with E-state index in [1.807, 2.05) is 6.08 Å². The lowest BCUT2D eigenvalue weighted by molar-refractivity contribution is -1.09. The molecule has 0 radical (unpaired) electrons. The van der Waals surface area contributed by atoms with Gasteiger partial charge in [0.05, 0.1) is 18.0 Å². The molecular formula is C22H29F3N3O+. The van der Waals surface area contributed by atoms with Crippen LogP contribution in [0.1, 0.15) is 37.8 Å². The van der Waals surface area contributed by atoms with Crippen LogP contribution in [0.4, 0.5) is 13.2 Å². The molecule has 4 nitrogen and oxygen atoms in total. The number of rotatable bonds is 5. The maximum Gasteiger partial charge on any atom is 0.416 e. The summed E-state index contributed by atoms with van der Waals surface area (Å²) in [5.74, 6) is 0.647. The van der Waals surface area contributed by atoms with E-state index in [4.69, 9.17) is 0 Å². The topological polar surface area (TPSA) is 23.6 Å². The number of amides is 1. The van der Waals surface area contributed by atoms with Crippen LogP contribution in [0.5, 0.6) is 0 Å². The Balaban J connectivity index is 1.51. The van der Waals surface area contributed by atoms with Crippen molar-refractivity contribution in [1.82, 2.24) is 9.91 Å². The van der Waals surface area contributed by atoms with Crippen molar-refractivity contribution in [2.45, 2.75) is 51.5 Å². The third-order valence-corrected chi connectivity index (χ3v) is 6.88. The second-order valence-electron chi connectivity index (χ2n) is 9.12. The maximum atomic E-state index is 13.2. The zero-order valence-electron chi connectivity index (χ0n) is 17.0. The van der Waals surface area contributed by atoms with Crippen LogP contribution in [0.25, 0.3) is 0 Å². The number of quaternary nitrogens is 1. The first-order valence-electron chi connectivity index (χ1n) is 10.4. The molecule has 0 aromatic heterocycles. The van der Waals surface area contributed by atoms with E-state index in [-0.39, 0.29) is 17.9 Å². The summed E-state index contributed by atoms with van der Waals surface area (Å²) in [4.78, 5) is 15.5. The monoisotopic (exact) mass is 408 g/mol. The number of carbonyl (C=O) groups excluding carboxylic acids is 1. The number of nitrogens with zero attached hydrogens (tertiary/aromatic N) is 3. The highest BCUT2D eigenvalue weighted by molar-refractivity contribution is 5.79. The maximum absolute atomic E-state index is 13.2. The van der Waals surface area contributed by atoms with E-state index in [9.17, 15) is 18.0 Å². The highest BCUT2D eigenvalue weighted by Gasteiger charge is 2.67. The van der Waals surface area contributed by atoms with Crippen molar-refractivity contribution in [3.05, 3.63) is 48.0 Å². The van der Waals surface area contributed by atoms with Gasteiger partial charge in [-0.15, -0.1) is 6.58 Å². The van der Waals surface area contributed by atoms with E-state index in [1.165, 1.54) is 0 Å². The van der Waals surface area contributed by atoms with Gasteiger partial charge in [-0.1, -0.05) is 32.1 Å². The molecule has 158 valence electrons. The summed E-state index contributed by atoms with van der Waals surface area (Å²) in [6.45, 7) is 11.3. The van der Waals surface area contributed by atoms with Gasteiger partial charge in [-0.2, -0.15) is 22.8 Å². The number of hydrogen-bond donors (Lipinski definition) is 0. The Labute approximate surface area is 170 Å². The second-order valence-corrected chi connectivity index (χ2v) is 9.12. The number of alkyl halides is 3. The molecule has 4 rings (SSSR count). The van der Waals surface area contributed by atoms with Crippen molar-refractivity contribution in [2.24, 2.45) is 11.8 Å². The fraction of sp³-hybridized carbons (Fsp3) is 0.591. The van der Waals surface area contributed by atoms with Gasteiger partial charge in [0.25, 0.3) is 5.91 Å². The molecule has 0 N–H and O–H groups in total. The van der Waals surface area contributed by atoms with Crippen molar-refractivity contribution in [2.75, 3.05) is 19.8 Å². The van der Waals surface area contributed by atoms with E-state index in [2.05, 4.69) is 30.3 Å². The van der Waals surface area contributed by atoms with Crippen LogP contribution in [0.2, 0.25) is 0 Å². The van der Waals surface area contributed by atoms with Crippen LogP contribution in [-0.2, 0) is 17.5 Å². The van der Waals surface area contributed by atoms with Crippen molar-refractivity contribution < 1.29 is 22.6 Å². The summed E-state index contributed by atoms with van der Waals surface area (Å²) < 4.78 is 39.1. The summed E-state index contributed by atoms with van der Waals surface area (Å²) in [7, 11) is 0. The minimum absolute atomic E-state index is 0.00341. The first kappa shape index (κ1) is 20.4. The van der Waals surface area contributed by atoms with Crippen LogP contribution >= 0.6 is 0 Å². The van der Waals surface area contributed by atoms with Crippen molar-refractivity contribution in [3.8, 4) is 0 Å². The van der Waals surface area contributed by atoms with Crippen molar-refractivity contribution in [3.63, 3.8) is 0 Å². The Morgan fingerprint density at radius 1 is 1.28 bits per heavy atom. The molecule has 1 aromatic rings. The van der Waals surface area contributed by atoms with Gasteiger partial charge in [0, 0.05) is 13.0 Å². The summed E-state index contributed by atoms with van der Waals surface area (Å²) in [5, 5.41) is 2.11. The molecular weight excluding hydrogens is 379 g/mol. The van der Waals surface area contributed by atoms with Crippen molar-refractivity contribution >= 4 is 5.91 Å².